The summed E-state index contributed by atoms with van der Waals surface area (Å²) in [6.07, 6.45) is 3.02. The second-order valence-electron chi connectivity index (χ2n) is 6.75. The summed E-state index contributed by atoms with van der Waals surface area (Å²) in [5, 5.41) is 17.7. The van der Waals surface area contributed by atoms with E-state index in [0.717, 1.165) is 0 Å². The molecule has 0 bridgehead atoms. The first kappa shape index (κ1) is 19.8. The number of hydrogen-bond acceptors (Lipinski definition) is 6. The number of rotatable bonds is 6. The van der Waals surface area contributed by atoms with E-state index in [9.17, 15) is 14.4 Å². The summed E-state index contributed by atoms with van der Waals surface area (Å²) in [6, 6.07) is 8.08. The number of thioether (sulfide) groups is 1. The summed E-state index contributed by atoms with van der Waals surface area (Å²) in [5.41, 5.74) is 0.311. The van der Waals surface area contributed by atoms with Gasteiger partial charge in [0.05, 0.1) is 29.1 Å². The number of carbonyl (C=O) groups excluding carboxylic acids is 1. The lowest BCUT2D eigenvalue weighted by molar-refractivity contribution is -0.120. The zero-order chi connectivity index (χ0) is 20.3. The quantitative estimate of drug-likeness (QED) is 0.506. The van der Waals surface area contributed by atoms with Gasteiger partial charge in [-0.2, -0.15) is 10.4 Å². The Bertz CT molecular complexity index is 1040. The van der Waals surface area contributed by atoms with Gasteiger partial charge in [-0.3, -0.25) is 4.79 Å². The van der Waals surface area contributed by atoms with Gasteiger partial charge in [-0.05, 0) is 37.1 Å². The first-order valence-corrected chi connectivity index (χ1v) is 9.62. The van der Waals surface area contributed by atoms with Crippen molar-refractivity contribution in [3.8, 4) is 11.8 Å². The number of aromatic nitrogens is 4. The molecule has 2 heterocycles. The molecular formula is C19H19FN6OS. The van der Waals surface area contributed by atoms with Crippen molar-refractivity contribution >= 4 is 28.7 Å². The summed E-state index contributed by atoms with van der Waals surface area (Å²) in [4.78, 5) is 20.8. The molecule has 0 unspecified atom stereocenters. The van der Waals surface area contributed by atoms with E-state index < -0.39 is 5.54 Å². The Morgan fingerprint density at radius 2 is 2.07 bits per heavy atom. The minimum absolute atomic E-state index is 0.0221. The maximum absolute atomic E-state index is 13.2. The average molecular weight is 398 g/mol. The lowest BCUT2D eigenvalue weighted by atomic mass is 9.90. The molecule has 7 nitrogen and oxygen atoms in total. The predicted octanol–water partition coefficient (Wildman–Crippen LogP) is 3.10. The first-order chi connectivity index (χ1) is 13.3. The third-order valence-corrected chi connectivity index (χ3v) is 5.53. The van der Waals surface area contributed by atoms with Gasteiger partial charge in [-0.25, -0.2) is 19.0 Å². The molecule has 0 radical (unpaired) electrons. The highest BCUT2D eigenvalue weighted by molar-refractivity contribution is 8.00. The van der Waals surface area contributed by atoms with E-state index in [2.05, 4.69) is 26.5 Å². The van der Waals surface area contributed by atoms with E-state index >= 15 is 0 Å². The molecule has 0 saturated carbocycles. The van der Waals surface area contributed by atoms with Crippen LogP contribution in [-0.2, 0) is 4.79 Å². The number of nitrogens with one attached hydrogen (secondary N) is 1. The standard InChI is InChI=1S/C19H19FN6OS/c1-12(2)19(3,10-21)25-16(27)9-28-18-15-8-24-26(17(15)22-11-23-18)14-6-4-13(20)5-7-14/h4-8,11-12H,9H2,1-3H3,(H,25,27)/t19-/m1/s1. The van der Waals surface area contributed by atoms with Crippen LogP contribution in [0, 0.1) is 23.1 Å². The molecule has 1 aromatic carbocycles. The number of nitrogens with zero attached hydrogens (tertiary/aromatic N) is 5. The van der Waals surface area contributed by atoms with Gasteiger partial charge >= 0.3 is 0 Å². The van der Waals surface area contributed by atoms with Gasteiger partial charge in [0.1, 0.15) is 22.7 Å². The highest BCUT2D eigenvalue weighted by atomic mass is 32.2. The van der Waals surface area contributed by atoms with Crippen molar-refractivity contribution < 1.29 is 9.18 Å². The zero-order valence-corrected chi connectivity index (χ0v) is 16.5. The molecule has 0 spiro atoms. The van der Waals surface area contributed by atoms with Crippen LogP contribution in [-0.4, -0.2) is 36.9 Å². The monoisotopic (exact) mass is 398 g/mol. The van der Waals surface area contributed by atoms with Gasteiger partial charge in [0.15, 0.2) is 5.65 Å². The van der Waals surface area contributed by atoms with Crippen molar-refractivity contribution in [1.29, 1.82) is 5.26 Å². The normalized spacial score (nSPS) is 13.3. The van der Waals surface area contributed by atoms with Crippen LogP contribution in [0.4, 0.5) is 4.39 Å². The number of nitriles is 1. The fourth-order valence-corrected chi connectivity index (χ4v) is 3.23. The fraction of sp³-hybridized carbons (Fsp3) is 0.316. The van der Waals surface area contributed by atoms with Crippen molar-refractivity contribution in [1.82, 2.24) is 25.1 Å². The van der Waals surface area contributed by atoms with Crippen molar-refractivity contribution in [2.75, 3.05) is 5.75 Å². The fourth-order valence-electron chi connectivity index (χ4n) is 2.47. The molecule has 0 aliphatic rings. The number of halogens is 1. The Kier molecular flexibility index (Phi) is 5.61. The molecule has 3 rings (SSSR count). The van der Waals surface area contributed by atoms with Crippen molar-refractivity contribution in [3.05, 3.63) is 42.6 Å². The van der Waals surface area contributed by atoms with Crippen LogP contribution in [0.2, 0.25) is 0 Å². The van der Waals surface area contributed by atoms with Crippen molar-refractivity contribution in [2.45, 2.75) is 31.3 Å². The molecule has 0 aliphatic carbocycles. The third-order valence-electron chi connectivity index (χ3n) is 4.53. The minimum atomic E-state index is -0.925. The SMILES string of the molecule is CC(C)[C@@](C)(C#N)NC(=O)CSc1ncnc2c1cnn2-c1ccc(F)cc1. The van der Waals surface area contributed by atoms with Gasteiger partial charge < -0.3 is 5.32 Å². The van der Waals surface area contributed by atoms with Crippen LogP contribution in [0.25, 0.3) is 16.7 Å². The minimum Gasteiger partial charge on any atom is -0.337 e. The van der Waals surface area contributed by atoms with E-state index in [0.29, 0.717) is 21.7 Å². The van der Waals surface area contributed by atoms with Crippen LogP contribution in [0.5, 0.6) is 0 Å². The highest BCUT2D eigenvalue weighted by Crippen LogP contribution is 2.26. The Balaban J connectivity index is 1.79. The third kappa shape index (κ3) is 3.97. The molecule has 2 aromatic heterocycles. The Morgan fingerprint density at radius 3 is 2.71 bits per heavy atom. The van der Waals surface area contributed by atoms with Crippen molar-refractivity contribution in [2.24, 2.45) is 5.92 Å². The summed E-state index contributed by atoms with van der Waals surface area (Å²) >= 11 is 1.25. The maximum Gasteiger partial charge on any atom is 0.231 e. The molecule has 1 atom stereocenters. The number of amides is 1. The molecule has 3 aromatic rings. The lowest BCUT2D eigenvalue weighted by Crippen LogP contribution is -2.49. The van der Waals surface area contributed by atoms with Gasteiger partial charge in [0.25, 0.3) is 0 Å². The van der Waals surface area contributed by atoms with Crippen LogP contribution in [0.3, 0.4) is 0 Å². The molecule has 0 saturated heterocycles. The van der Waals surface area contributed by atoms with Crippen LogP contribution in [0.1, 0.15) is 20.8 Å². The second kappa shape index (κ2) is 7.94. The first-order valence-electron chi connectivity index (χ1n) is 8.64. The molecule has 9 heteroatoms. The van der Waals surface area contributed by atoms with Gasteiger partial charge in [-0.15, -0.1) is 0 Å². The number of hydrogen-bond donors (Lipinski definition) is 1. The van der Waals surface area contributed by atoms with Gasteiger partial charge in [-0.1, -0.05) is 25.6 Å². The second-order valence-corrected chi connectivity index (χ2v) is 7.72. The largest absolute Gasteiger partial charge is 0.337 e. The number of carbonyl (C=O) groups is 1. The predicted molar refractivity (Wildman–Crippen MR) is 104 cm³/mol. The Labute approximate surface area is 166 Å². The molecule has 28 heavy (non-hydrogen) atoms. The molecule has 1 N–H and O–H groups in total. The summed E-state index contributed by atoms with van der Waals surface area (Å²) in [5.74, 6) is -0.493. The van der Waals surface area contributed by atoms with E-state index in [4.69, 9.17) is 0 Å². The van der Waals surface area contributed by atoms with Crippen LogP contribution >= 0.6 is 11.8 Å². The highest BCUT2D eigenvalue weighted by Gasteiger charge is 2.30. The Hall–Kier alpha value is -2.99. The van der Waals surface area contributed by atoms with Crippen LogP contribution in [0.15, 0.2) is 41.8 Å². The summed E-state index contributed by atoms with van der Waals surface area (Å²) in [6.45, 7) is 5.47. The van der Waals surface area contributed by atoms with Gasteiger partial charge in [0, 0.05) is 0 Å². The molecule has 144 valence electrons. The molecule has 0 fully saturated rings. The van der Waals surface area contributed by atoms with E-state index in [-0.39, 0.29) is 23.4 Å². The summed E-state index contributed by atoms with van der Waals surface area (Å²) in [7, 11) is 0. The number of benzene rings is 1. The maximum atomic E-state index is 13.2. The van der Waals surface area contributed by atoms with Crippen molar-refractivity contribution in [3.63, 3.8) is 0 Å². The molecule has 1 amide bonds. The van der Waals surface area contributed by atoms with E-state index in [1.165, 1.54) is 30.2 Å². The zero-order valence-electron chi connectivity index (χ0n) is 15.7. The average Bonchev–Trinajstić information content (AvgIpc) is 3.11. The van der Waals surface area contributed by atoms with Crippen LogP contribution < -0.4 is 5.32 Å². The summed E-state index contributed by atoms with van der Waals surface area (Å²) < 4.78 is 14.7. The Morgan fingerprint density at radius 1 is 1.36 bits per heavy atom. The lowest BCUT2D eigenvalue weighted by Gasteiger charge is -2.27. The molecule has 0 aliphatic heterocycles. The molecular weight excluding hydrogens is 379 g/mol. The number of fused-ring (bicyclic) bond motifs is 1. The topological polar surface area (TPSA) is 96.5 Å². The van der Waals surface area contributed by atoms with E-state index in [1.807, 2.05) is 13.8 Å². The van der Waals surface area contributed by atoms with Gasteiger partial charge in [0.2, 0.25) is 5.91 Å². The smallest absolute Gasteiger partial charge is 0.231 e. The van der Waals surface area contributed by atoms with E-state index in [1.54, 1.807) is 29.9 Å².